The van der Waals surface area contributed by atoms with E-state index in [-0.39, 0.29) is 5.76 Å². The topological polar surface area (TPSA) is 46.5 Å². The van der Waals surface area contributed by atoms with Crippen LogP contribution in [0.1, 0.15) is 4.88 Å². The van der Waals surface area contributed by atoms with Crippen LogP contribution in [0.2, 0.25) is 0 Å². The number of rotatable bonds is 4. The van der Waals surface area contributed by atoms with Crippen molar-refractivity contribution in [1.82, 2.24) is 0 Å². The number of carboxylic acid groups (broad SMARTS) is 1. The summed E-state index contributed by atoms with van der Waals surface area (Å²) in [5.74, 6) is -1.15. The molecule has 1 aromatic carbocycles. The van der Waals surface area contributed by atoms with Gasteiger partial charge in [0.05, 0.1) is 7.11 Å². The normalized spacial score (nSPS) is 12.2. The Hall–Kier alpha value is -2.07. The van der Waals surface area contributed by atoms with Gasteiger partial charge in [0.15, 0.2) is 0 Å². The molecule has 18 heavy (non-hydrogen) atoms. The van der Waals surface area contributed by atoms with Crippen LogP contribution >= 0.6 is 11.3 Å². The molecule has 3 nitrogen and oxygen atoms in total. The number of carboxylic acids is 1. The van der Waals surface area contributed by atoms with Gasteiger partial charge in [-0.05, 0) is 29.7 Å². The van der Waals surface area contributed by atoms with Crippen molar-refractivity contribution in [2.75, 3.05) is 7.11 Å². The standard InChI is InChI=1S/C14H12O3S/c1-17-12(14(15)16)7-4-6-11-9-10-5-2-3-8-13(10)18-11/h2-9H,1H3,(H,15,16)/b6-4+,12-7-. The van der Waals surface area contributed by atoms with E-state index in [1.807, 2.05) is 18.2 Å². The number of thiophene rings is 1. The molecule has 0 aliphatic heterocycles. The summed E-state index contributed by atoms with van der Waals surface area (Å²) in [5, 5.41) is 9.95. The number of benzene rings is 1. The number of methoxy groups -OCH3 is 1. The summed E-state index contributed by atoms with van der Waals surface area (Å²) in [7, 11) is 1.34. The second-order valence-electron chi connectivity index (χ2n) is 3.59. The van der Waals surface area contributed by atoms with Gasteiger partial charge in [0.2, 0.25) is 5.76 Å². The molecule has 4 heteroatoms. The fraction of sp³-hybridized carbons (Fsp3) is 0.0714. The largest absolute Gasteiger partial charge is 0.490 e. The van der Waals surface area contributed by atoms with E-state index < -0.39 is 5.97 Å². The highest BCUT2D eigenvalue weighted by atomic mass is 32.1. The van der Waals surface area contributed by atoms with Crippen molar-refractivity contribution in [3.8, 4) is 0 Å². The van der Waals surface area contributed by atoms with Gasteiger partial charge < -0.3 is 9.84 Å². The minimum absolute atomic E-state index is 0.0765. The zero-order valence-corrected chi connectivity index (χ0v) is 10.6. The third-order valence-corrected chi connectivity index (χ3v) is 3.46. The molecule has 92 valence electrons. The van der Waals surface area contributed by atoms with Crippen molar-refractivity contribution < 1.29 is 14.6 Å². The number of fused-ring (bicyclic) bond motifs is 1. The summed E-state index contributed by atoms with van der Waals surface area (Å²) in [4.78, 5) is 11.8. The first kappa shape index (κ1) is 12.4. The molecule has 0 aliphatic carbocycles. The number of allylic oxidation sites excluding steroid dienone is 2. The van der Waals surface area contributed by atoms with Crippen LogP contribution in [0.25, 0.3) is 16.2 Å². The molecule has 2 rings (SSSR count). The zero-order chi connectivity index (χ0) is 13.0. The molecule has 0 aliphatic rings. The van der Waals surface area contributed by atoms with Crippen LogP contribution in [-0.2, 0) is 9.53 Å². The van der Waals surface area contributed by atoms with Crippen LogP contribution in [0.5, 0.6) is 0 Å². The van der Waals surface area contributed by atoms with Crippen molar-refractivity contribution in [1.29, 1.82) is 0 Å². The molecule has 2 aromatic rings. The van der Waals surface area contributed by atoms with Gasteiger partial charge in [0.1, 0.15) is 0 Å². The van der Waals surface area contributed by atoms with Crippen LogP contribution < -0.4 is 0 Å². The summed E-state index contributed by atoms with van der Waals surface area (Å²) in [6.45, 7) is 0. The molecule has 0 fully saturated rings. The van der Waals surface area contributed by atoms with Gasteiger partial charge in [0.25, 0.3) is 0 Å². The molecule has 0 unspecified atom stereocenters. The second-order valence-corrected chi connectivity index (χ2v) is 4.70. The first-order valence-corrected chi connectivity index (χ1v) is 6.16. The maximum Gasteiger partial charge on any atom is 0.371 e. The molecule has 0 bridgehead atoms. The molecule has 0 amide bonds. The quantitative estimate of drug-likeness (QED) is 0.519. The summed E-state index contributed by atoms with van der Waals surface area (Å²) in [6, 6.07) is 10.2. The van der Waals surface area contributed by atoms with E-state index >= 15 is 0 Å². The van der Waals surface area contributed by atoms with Gasteiger partial charge in [-0.25, -0.2) is 4.79 Å². The molecule has 0 atom stereocenters. The number of aliphatic carboxylic acids is 1. The van der Waals surface area contributed by atoms with E-state index in [2.05, 4.69) is 18.2 Å². The Labute approximate surface area is 109 Å². The van der Waals surface area contributed by atoms with Gasteiger partial charge in [-0.1, -0.05) is 24.3 Å². The van der Waals surface area contributed by atoms with Gasteiger partial charge in [0, 0.05) is 9.58 Å². The zero-order valence-electron chi connectivity index (χ0n) is 9.79. The highest BCUT2D eigenvalue weighted by Crippen LogP contribution is 2.26. The third-order valence-electron chi connectivity index (χ3n) is 2.38. The Balaban J connectivity index is 2.20. The highest BCUT2D eigenvalue weighted by molar-refractivity contribution is 7.19. The van der Waals surface area contributed by atoms with Gasteiger partial charge in [-0.3, -0.25) is 0 Å². The number of carbonyl (C=O) groups is 1. The smallest absolute Gasteiger partial charge is 0.371 e. The lowest BCUT2D eigenvalue weighted by Crippen LogP contribution is -2.01. The fourth-order valence-electron chi connectivity index (χ4n) is 1.54. The average molecular weight is 260 g/mol. The lowest BCUT2D eigenvalue weighted by atomic mass is 10.2. The minimum Gasteiger partial charge on any atom is -0.490 e. The van der Waals surface area contributed by atoms with E-state index in [4.69, 9.17) is 9.84 Å². The summed E-state index contributed by atoms with van der Waals surface area (Å²) in [6.07, 6.45) is 4.98. The van der Waals surface area contributed by atoms with Crippen LogP contribution in [0, 0.1) is 0 Å². The predicted molar refractivity (Wildman–Crippen MR) is 73.6 cm³/mol. The Morgan fingerprint density at radius 2 is 2.17 bits per heavy atom. The van der Waals surface area contributed by atoms with Crippen molar-refractivity contribution in [2.45, 2.75) is 0 Å². The Morgan fingerprint density at radius 3 is 2.83 bits per heavy atom. The maximum absolute atomic E-state index is 10.7. The fourth-order valence-corrected chi connectivity index (χ4v) is 2.52. The minimum atomic E-state index is -1.07. The summed E-state index contributed by atoms with van der Waals surface area (Å²) >= 11 is 1.66. The molecular formula is C14H12O3S. The average Bonchev–Trinajstić information content (AvgIpc) is 2.76. The van der Waals surface area contributed by atoms with Crippen LogP contribution in [-0.4, -0.2) is 18.2 Å². The predicted octanol–water partition coefficient (Wildman–Crippen LogP) is 3.53. The Kier molecular flexibility index (Phi) is 3.79. The van der Waals surface area contributed by atoms with Crippen molar-refractivity contribution >= 4 is 33.5 Å². The molecular weight excluding hydrogens is 248 g/mol. The molecule has 1 aromatic heterocycles. The molecule has 0 saturated heterocycles. The van der Waals surface area contributed by atoms with Crippen molar-refractivity contribution in [2.24, 2.45) is 0 Å². The lowest BCUT2D eigenvalue weighted by molar-refractivity contribution is -0.136. The number of ether oxygens (including phenoxy) is 1. The Bertz CT molecular complexity index is 590. The molecule has 0 saturated carbocycles. The first-order valence-electron chi connectivity index (χ1n) is 5.35. The summed E-state index contributed by atoms with van der Waals surface area (Å²) < 4.78 is 5.94. The van der Waals surface area contributed by atoms with Crippen molar-refractivity contribution in [3.05, 3.63) is 53.1 Å². The molecule has 0 radical (unpaired) electrons. The second kappa shape index (κ2) is 5.51. The maximum atomic E-state index is 10.7. The van der Waals surface area contributed by atoms with E-state index in [0.717, 1.165) is 4.88 Å². The monoisotopic (exact) mass is 260 g/mol. The van der Waals surface area contributed by atoms with Crippen LogP contribution in [0.15, 0.2) is 48.2 Å². The highest BCUT2D eigenvalue weighted by Gasteiger charge is 2.03. The molecule has 0 spiro atoms. The van der Waals surface area contributed by atoms with E-state index in [9.17, 15) is 4.79 Å². The van der Waals surface area contributed by atoms with E-state index in [0.29, 0.717) is 0 Å². The first-order chi connectivity index (χ1) is 8.70. The van der Waals surface area contributed by atoms with Gasteiger partial charge >= 0.3 is 5.97 Å². The summed E-state index contributed by atoms with van der Waals surface area (Å²) in [5.41, 5.74) is 0. The van der Waals surface area contributed by atoms with Crippen LogP contribution in [0.4, 0.5) is 0 Å². The van der Waals surface area contributed by atoms with E-state index in [1.54, 1.807) is 17.4 Å². The van der Waals surface area contributed by atoms with Gasteiger partial charge in [-0.2, -0.15) is 0 Å². The number of hydrogen-bond acceptors (Lipinski definition) is 3. The third kappa shape index (κ3) is 2.78. The molecule has 1 N–H and O–H groups in total. The van der Waals surface area contributed by atoms with Crippen molar-refractivity contribution in [3.63, 3.8) is 0 Å². The molecule has 1 heterocycles. The van der Waals surface area contributed by atoms with Crippen LogP contribution in [0.3, 0.4) is 0 Å². The lowest BCUT2D eigenvalue weighted by Gasteiger charge is -1.96. The Morgan fingerprint density at radius 1 is 1.39 bits per heavy atom. The van der Waals surface area contributed by atoms with Gasteiger partial charge in [-0.15, -0.1) is 11.3 Å². The van der Waals surface area contributed by atoms with E-state index in [1.165, 1.54) is 23.3 Å². The SMILES string of the molecule is CO/C(=C\C=C\c1cc2ccccc2s1)C(=O)O. The number of hydrogen-bond donors (Lipinski definition) is 1.